The predicted molar refractivity (Wildman–Crippen MR) is 28.7 cm³/mol. The van der Waals surface area contributed by atoms with Crippen LogP contribution in [0.15, 0.2) is 12.2 Å². The maximum atomic E-state index is 10.3. The third-order valence-corrected chi connectivity index (χ3v) is 1.00. The largest absolute Gasteiger partial charge is 0.479 e. The number of hydrogen-bond acceptors (Lipinski definition) is 2. The predicted octanol–water partition coefficient (Wildman–Crippen LogP) is -0.874. The van der Waals surface area contributed by atoms with Gasteiger partial charge in [-0.25, -0.2) is 4.79 Å². The molecule has 1 unspecified atom stereocenters. The van der Waals surface area contributed by atoms with Gasteiger partial charge in [0, 0.05) is 6.08 Å². The van der Waals surface area contributed by atoms with E-state index in [9.17, 15) is 9.59 Å². The summed E-state index contributed by atoms with van der Waals surface area (Å²) in [6.07, 6.45) is 2.52. The van der Waals surface area contributed by atoms with Crippen molar-refractivity contribution in [1.82, 2.24) is 5.32 Å². The lowest BCUT2D eigenvalue weighted by Gasteiger charge is -1.99. The number of nitrogens with one attached hydrogen (secondary N) is 1. The molecule has 1 aliphatic heterocycles. The zero-order valence-corrected chi connectivity index (χ0v) is 4.50. The quantitative estimate of drug-likeness (QED) is 0.481. The zero-order valence-electron chi connectivity index (χ0n) is 4.50. The summed E-state index contributed by atoms with van der Waals surface area (Å²) in [7, 11) is 0. The van der Waals surface area contributed by atoms with E-state index in [4.69, 9.17) is 5.11 Å². The number of carboxylic acids is 1. The molecule has 0 aromatic heterocycles. The van der Waals surface area contributed by atoms with E-state index in [0.29, 0.717) is 0 Å². The molecule has 0 bridgehead atoms. The van der Waals surface area contributed by atoms with Gasteiger partial charge in [-0.3, -0.25) is 4.79 Å². The van der Waals surface area contributed by atoms with E-state index < -0.39 is 12.0 Å². The highest BCUT2D eigenvalue weighted by Crippen LogP contribution is 1.94. The number of rotatable bonds is 1. The van der Waals surface area contributed by atoms with E-state index in [0.717, 1.165) is 0 Å². The third kappa shape index (κ3) is 1.07. The monoisotopic (exact) mass is 127 g/mol. The first-order chi connectivity index (χ1) is 4.20. The second-order valence-electron chi connectivity index (χ2n) is 1.68. The summed E-state index contributed by atoms with van der Waals surface area (Å²) in [5, 5.41) is 10.5. The number of hydrogen-bond donors (Lipinski definition) is 2. The Labute approximate surface area is 51.2 Å². The molecule has 1 rings (SSSR count). The van der Waals surface area contributed by atoms with E-state index in [2.05, 4.69) is 5.32 Å². The molecular formula is C5H5NO3. The normalized spacial score (nSPS) is 24.0. The van der Waals surface area contributed by atoms with Gasteiger partial charge < -0.3 is 10.4 Å². The molecule has 0 saturated carbocycles. The number of amides is 1. The second-order valence-corrected chi connectivity index (χ2v) is 1.68. The van der Waals surface area contributed by atoms with Crippen molar-refractivity contribution < 1.29 is 14.7 Å². The van der Waals surface area contributed by atoms with E-state index in [-0.39, 0.29) is 5.91 Å². The molecule has 0 saturated heterocycles. The summed E-state index contributed by atoms with van der Waals surface area (Å²) in [6.45, 7) is 0. The van der Waals surface area contributed by atoms with E-state index >= 15 is 0 Å². The minimum absolute atomic E-state index is 0.345. The van der Waals surface area contributed by atoms with Gasteiger partial charge in [0.05, 0.1) is 0 Å². The Kier molecular flexibility index (Phi) is 1.22. The molecule has 4 heteroatoms. The smallest absolute Gasteiger partial charge is 0.330 e. The fourth-order valence-corrected chi connectivity index (χ4v) is 0.577. The van der Waals surface area contributed by atoms with Gasteiger partial charge in [0.15, 0.2) is 0 Å². The molecule has 9 heavy (non-hydrogen) atoms. The van der Waals surface area contributed by atoms with Crippen LogP contribution in [0, 0.1) is 0 Å². The average Bonchev–Trinajstić information content (AvgIpc) is 2.14. The van der Waals surface area contributed by atoms with Crippen molar-refractivity contribution >= 4 is 11.9 Å². The van der Waals surface area contributed by atoms with Crippen LogP contribution in [0.3, 0.4) is 0 Å². The van der Waals surface area contributed by atoms with Crippen molar-refractivity contribution in [3.63, 3.8) is 0 Å². The fraction of sp³-hybridized carbons (Fsp3) is 0.200. The first kappa shape index (κ1) is 5.81. The van der Waals surface area contributed by atoms with Gasteiger partial charge in [-0.15, -0.1) is 0 Å². The molecule has 0 aromatic rings. The van der Waals surface area contributed by atoms with Crippen LogP contribution in [0.1, 0.15) is 0 Å². The van der Waals surface area contributed by atoms with E-state index in [1.807, 2.05) is 0 Å². The molecule has 0 aliphatic carbocycles. The number of carbonyl (C=O) groups is 2. The van der Waals surface area contributed by atoms with Crippen molar-refractivity contribution in [2.45, 2.75) is 6.04 Å². The maximum absolute atomic E-state index is 10.3. The van der Waals surface area contributed by atoms with Crippen LogP contribution in [0.5, 0.6) is 0 Å². The molecule has 0 radical (unpaired) electrons. The van der Waals surface area contributed by atoms with Crippen molar-refractivity contribution in [3.8, 4) is 0 Å². The van der Waals surface area contributed by atoms with Crippen molar-refractivity contribution in [2.75, 3.05) is 0 Å². The summed E-state index contributed by atoms with van der Waals surface area (Å²) in [5.41, 5.74) is 0. The highest BCUT2D eigenvalue weighted by atomic mass is 16.4. The molecular weight excluding hydrogens is 122 g/mol. The van der Waals surface area contributed by atoms with Crippen molar-refractivity contribution in [3.05, 3.63) is 12.2 Å². The lowest BCUT2D eigenvalue weighted by molar-refractivity contribution is -0.139. The zero-order chi connectivity index (χ0) is 6.85. The Bertz CT molecular complexity index is 185. The SMILES string of the molecule is O=C1C=CC(C(=O)O)N1. The molecule has 2 N–H and O–H groups in total. The lowest BCUT2D eigenvalue weighted by Crippen LogP contribution is -2.33. The summed E-state index contributed by atoms with van der Waals surface area (Å²) in [6, 6.07) is -0.822. The van der Waals surface area contributed by atoms with Gasteiger partial charge in [0.25, 0.3) is 0 Å². The number of carbonyl (C=O) groups excluding carboxylic acids is 1. The molecule has 1 atom stereocenters. The minimum Gasteiger partial charge on any atom is -0.479 e. The summed E-state index contributed by atoms with van der Waals surface area (Å²) in [5.74, 6) is -1.38. The molecule has 1 heterocycles. The van der Waals surface area contributed by atoms with E-state index in [1.165, 1.54) is 12.2 Å². The summed E-state index contributed by atoms with van der Waals surface area (Å²) < 4.78 is 0. The second kappa shape index (κ2) is 1.89. The van der Waals surface area contributed by atoms with Crippen LogP contribution in [0.2, 0.25) is 0 Å². The van der Waals surface area contributed by atoms with Gasteiger partial charge in [-0.05, 0) is 6.08 Å². The molecule has 0 aromatic carbocycles. The Morgan fingerprint density at radius 3 is 2.67 bits per heavy atom. The Morgan fingerprint density at radius 1 is 1.78 bits per heavy atom. The molecule has 48 valence electrons. The van der Waals surface area contributed by atoms with Crippen LogP contribution in [-0.4, -0.2) is 23.0 Å². The van der Waals surface area contributed by atoms with Gasteiger partial charge >= 0.3 is 5.97 Å². The van der Waals surface area contributed by atoms with Crippen LogP contribution >= 0.6 is 0 Å². The first-order valence-corrected chi connectivity index (χ1v) is 2.41. The standard InChI is InChI=1S/C5H5NO3/c7-4-2-1-3(6-4)5(8)9/h1-3H,(H,6,7)(H,8,9). The van der Waals surface area contributed by atoms with Gasteiger partial charge in [-0.2, -0.15) is 0 Å². The van der Waals surface area contributed by atoms with Gasteiger partial charge in [0.1, 0.15) is 6.04 Å². The molecule has 1 aliphatic rings. The molecule has 0 fully saturated rings. The first-order valence-electron chi connectivity index (χ1n) is 2.41. The minimum atomic E-state index is -1.03. The molecule has 0 spiro atoms. The van der Waals surface area contributed by atoms with Gasteiger partial charge in [-0.1, -0.05) is 0 Å². The average molecular weight is 127 g/mol. The fourth-order valence-electron chi connectivity index (χ4n) is 0.577. The van der Waals surface area contributed by atoms with Crippen LogP contribution < -0.4 is 5.32 Å². The third-order valence-electron chi connectivity index (χ3n) is 1.00. The van der Waals surface area contributed by atoms with Crippen molar-refractivity contribution in [1.29, 1.82) is 0 Å². The van der Waals surface area contributed by atoms with Crippen LogP contribution in [0.25, 0.3) is 0 Å². The van der Waals surface area contributed by atoms with Crippen LogP contribution in [0.4, 0.5) is 0 Å². The Morgan fingerprint density at radius 2 is 2.44 bits per heavy atom. The molecule has 4 nitrogen and oxygen atoms in total. The number of carboxylic acid groups (broad SMARTS) is 1. The van der Waals surface area contributed by atoms with Gasteiger partial charge in [0.2, 0.25) is 5.91 Å². The summed E-state index contributed by atoms with van der Waals surface area (Å²) >= 11 is 0. The molecule has 1 amide bonds. The van der Waals surface area contributed by atoms with Crippen molar-refractivity contribution in [2.24, 2.45) is 0 Å². The topological polar surface area (TPSA) is 66.4 Å². The lowest BCUT2D eigenvalue weighted by atomic mass is 10.3. The summed E-state index contributed by atoms with van der Waals surface area (Å²) in [4.78, 5) is 20.4. The highest BCUT2D eigenvalue weighted by Gasteiger charge is 2.19. The Balaban J connectivity index is 2.60. The maximum Gasteiger partial charge on any atom is 0.330 e. The van der Waals surface area contributed by atoms with E-state index in [1.54, 1.807) is 0 Å². The van der Waals surface area contributed by atoms with Crippen LogP contribution in [-0.2, 0) is 9.59 Å². The Hall–Kier alpha value is -1.32. The number of aliphatic carboxylic acids is 1. The highest BCUT2D eigenvalue weighted by molar-refractivity contribution is 5.96.